The Balaban J connectivity index is 1.22. The minimum Gasteiger partial charge on any atom is -0.493 e. The number of hydrogen-bond acceptors (Lipinski definition) is 5. The summed E-state index contributed by atoms with van der Waals surface area (Å²) in [4.78, 5) is 25.8. The van der Waals surface area contributed by atoms with E-state index < -0.39 is 11.7 Å². The van der Waals surface area contributed by atoms with Gasteiger partial charge in [-0.3, -0.25) is 14.3 Å². The molecule has 3 aromatic rings. The Bertz CT molecular complexity index is 1260. The zero-order valence-electron chi connectivity index (χ0n) is 17.7. The van der Waals surface area contributed by atoms with Crippen LogP contribution in [-0.4, -0.2) is 52.8 Å². The molecule has 170 valence electrons. The quantitative estimate of drug-likeness (QED) is 0.618. The molecular formula is C23H20ClFN4O4. The van der Waals surface area contributed by atoms with Crippen molar-refractivity contribution in [2.24, 2.45) is 13.0 Å². The zero-order valence-corrected chi connectivity index (χ0v) is 18.4. The van der Waals surface area contributed by atoms with Gasteiger partial charge in [-0.05, 0) is 24.3 Å². The van der Waals surface area contributed by atoms with Gasteiger partial charge in [0.2, 0.25) is 0 Å². The number of benzene rings is 2. The monoisotopic (exact) mass is 470 g/mol. The number of amides is 2. The maximum atomic E-state index is 14.5. The summed E-state index contributed by atoms with van der Waals surface area (Å²) in [5.41, 5.74) is 1.92. The van der Waals surface area contributed by atoms with Crippen molar-refractivity contribution in [1.29, 1.82) is 0 Å². The van der Waals surface area contributed by atoms with Crippen LogP contribution in [0.4, 0.5) is 10.1 Å². The Labute approximate surface area is 193 Å². The van der Waals surface area contributed by atoms with Gasteiger partial charge < -0.3 is 19.7 Å². The van der Waals surface area contributed by atoms with Gasteiger partial charge in [-0.2, -0.15) is 5.10 Å². The van der Waals surface area contributed by atoms with E-state index in [1.54, 1.807) is 21.8 Å². The predicted octanol–water partition coefficient (Wildman–Crippen LogP) is 3.36. The molecule has 10 heteroatoms. The Morgan fingerprint density at radius 1 is 1.33 bits per heavy atom. The fourth-order valence-corrected chi connectivity index (χ4v) is 4.07. The number of rotatable bonds is 5. The summed E-state index contributed by atoms with van der Waals surface area (Å²) in [7, 11) is 1.83. The van der Waals surface area contributed by atoms with Gasteiger partial charge in [0.15, 0.2) is 6.61 Å². The Kier molecular flexibility index (Phi) is 5.41. The molecule has 3 heterocycles. The van der Waals surface area contributed by atoms with E-state index >= 15 is 0 Å². The van der Waals surface area contributed by atoms with Crippen LogP contribution in [0.1, 0.15) is 10.4 Å². The van der Waals surface area contributed by atoms with Crippen LogP contribution in [0.5, 0.6) is 11.5 Å². The van der Waals surface area contributed by atoms with Crippen LogP contribution in [0, 0.1) is 11.7 Å². The molecule has 0 radical (unpaired) electrons. The first-order valence-corrected chi connectivity index (χ1v) is 10.7. The van der Waals surface area contributed by atoms with E-state index in [9.17, 15) is 14.0 Å². The lowest BCUT2D eigenvalue weighted by Gasteiger charge is -2.39. The number of fused-ring (bicyclic) bond motifs is 1. The molecule has 0 spiro atoms. The molecule has 33 heavy (non-hydrogen) atoms. The number of ether oxygens (including phenoxy) is 2. The fourth-order valence-electron chi connectivity index (χ4n) is 3.90. The third-order valence-corrected chi connectivity index (χ3v) is 5.84. The molecule has 2 aliphatic heterocycles. The maximum Gasteiger partial charge on any atom is 0.262 e. The van der Waals surface area contributed by atoms with Crippen LogP contribution in [0.15, 0.2) is 42.7 Å². The van der Waals surface area contributed by atoms with Crippen LogP contribution < -0.4 is 14.8 Å². The van der Waals surface area contributed by atoms with E-state index in [4.69, 9.17) is 21.1 Å². The van der Waals surface area contributed by atoms with Crippen molar-refractivity contribution in [1.82, 2.24) is 14.7 Å². The minimum absolute atomic E-state index is 0.101. The average molecular weight is 471 g/mol. The van der Waals surface area contributed by atoms with E-state index in [0.717, 1.165) is 17.2 Å². The van der Waals surface area contributed by atoms with Crippen molar-refractivity contribution >= 4 is 29.1 Å². The van der Waals surface area contributed by atoms with E-state index in [1.807, 2.05) is 25.4 Å². The van der Waals surface area contributed by atoms with Gasteiger partial charge in [0.1, 0.15) is 17.3 Å². The molecule has 0 aliphatic carbocycles. The van der Waals surface area contributed by atoms with Crippen LogP contribution in [-0.2, 0) is 11.8 Å². The normalized spacial score (nSPS) is 15.4. The van der Waals surface area contributed by atoms with Gasteiger partial charge in [-0.15, -0.1) is 0 Å². The largest absolute Gasteiger partial charge is 0.493 e. The number of carbonyl (C=O) groups excluding carboxylic acids is 2. The second kappa shape index (κ2) is 8.40. The van der Waals surface area contributed by atoms with Crippen LogP contribution in [0.25, 0.3) is 11.1 Å². The highest BCUT2D eigenvalue weighted by Crippen LogP contribution is 2.34. The highest BCUT2D eigenvalue weighted by molar-refractivity contribution is 6.31. The number of likely N-dealkylation sites (tertiary alicyclic amines) is 1. The summed E-state index contributed by atoms with van der Waals surface area (Å²) in [6, 6.07) is 7.84. The second-order valence-electron chi connectivity index (χ2n) is 8.10. The average Bonchev–Trinajstić information content (AvgIpc) is 3.19. The molecule has 0 unspecified atom stereocenters. The lowest BCUT2D eigenvalue weighted by atomic mass is 9.99. The smallest absolute Gasteiger partial charge is 0.262 e. The van der Waals surface area contributed by atoms with Crippen LogP contribution >= 0.6 is 11.6 Å². The molecule has 1 saturated heterocycles. The number of nitrogens with one attached hydrogen (secondary N) is 1. The van der Waals surface area contributed by atoms with Crippen molar-refractivity contribution < 1.29 is 23.5 Å². The fraction of sp³-hybridized carbons (Fsp3) is 0.261. The van der Waals surface area contributed by atoms with Crippen molar-refractivity contribution in [3.63, 3.8) is 0 Å². The van der Waals surface area contributed by atoms with Crippen LogP contribution in [0.3, 0.4) is 0 Å². The lowest BCUT2D eigenvalue weighted by Crippen LogP contribution is -2.52. The number of halogens is 2. The molecule has 2 aromatic carbocycles. The van der Waals surface area contributed by atoms with Crippen LogP contribution in [0.2, 0.25) is 5.02 Å². The number of hydrogen-bond donors (Lipinski definition) is 1. The number of aryl methyl sites for hydroxylation is 1. The van der Waals surface area contributed by atoms with Gasteiger partial charge in [0.25, 0.3) is 11.8 Å². The molecular weight excluding hydrogens is 451 g/mol. The molecule has 0 saturated carbocycles. The minimum atomic E-state index is -0.683. The Morgan fingerprint density at radius 2 is 2.15 bits per heavy atom. The Morgan fingerprint density at radius 3 is 2.91 bits per heavy atom. The molecule has 8 nitrogen and oxygen atoms in total. The molecule has 2 aliphatic rings. The summed E-state index contributed by atoms with van der Waals surface area (Å²) in [6.07, 6.45) is 3.62. The highest BCUT2D eigenvalue weighted by atomic mass is 35.5. The zero-order chi connectivity index (χ0) is 23.1. The van der Waals surface area contributed by atoms with Gasteiger partial charge in [0.05, 0.1) is 24.1 Å². The van der Waals surface area contributed by atoms with Crippen molar-refractivity contribution in [3.05, 3.63) is 59.1 Å². The molecule has 1 fully saturated rings. The van der Waals surface area contributed by atoms with E-state index in [0.29, 0.717) is 36.2 Å². The first-order chi connectivity index (χ1) is 15.9. The van der Waals surface area contributed by atoms with E-state index in [2.05, 4.69) is 10.4 Å². The number of anilines is 1. The second-order valence-corrected chi connectivity index (χ2v) is 8.53. The third-order valence-electron chi connectivity index (χ3n) is 5.61. The van der Waals surface area contributed by atoms with Gasteiger partial charge in [0, 0.05) is 54.5 Å². The Hall–Kier alpha value is -3.59. The topological polar surface area (TPSA) is 85.7 Å². The summed E-state index contributed by atoms with van der Waals surface area (Å²) < 4.78 is 27.4. The molecule has 0 bridgehead atoms. The molecule has 1 N–H and O–H groups in total. The van der Waals surface area contributed by atoms with Crippen molar-refractivity contribution in [3.8, 4) is 22.6 Å². The maximum absolute atomic E-state index is 14.5. The molecule has 5 rings (SSSR count). The summed E-state index contributed by atoms with van der Waals surface area (Å²) in [5, 5.41) is 7.38. The lowest BCUT2D eigenvalue weighted by molar-refractivity contribution is -0.118. The van der Waals surface area contributed by atoms with E-state index in [1.165, 1.54) is 6.07 Å². The first kappa shape index (κ1) is 21.3. The van der Waals surface area contributed by atoms with Crippen molar-refractivity contribution in [2.45, 2.75) is 0 Å². The molecule has 2 amide bonds. The van der Waals surface area contributed by atoms with Crippen molar-refractivity contribution in [2.75, 3.05) is 31.6 Å². The summed E-state index contributed by atoms with van der Waals surface area (Å²) in [6.45, 7) is 1.10. The standard InChI is InChI=1S/C23H20ClFN4O4/c1-28-10-14(7-26-28)16-4-15(24)2-3-20(16)32-11-13-8-29(9-13)23(31)17-5-19-21(6-18(17)25)33-12-22(30)27-19/h2-7,10,13H,8-9,11-12H2,1H3,(H,27,30). The SMILES string of the molecule is Cn1cc(-c2cc(Cl)ccc2OCC2CN(C(=O)c3cc4c(cc3F)OCC(=O)N4)C2)cn1. The molecule has 1 aromatic heterocycles. The van der Waals surface area contributed by atoms with Gasteiger partial charge in [-0.1, -0.05) is 11.6 Å². The number of aromatic nitrogens is 2. The highest BCUT2D eigenvalue weighted by Gasteiger charge is 2.34. The predicted molar refractivity (Wildman–Crippen MR) is 119 cm³/mol. The van der Waals surface area contributed by atoms with Gasteiger partial charge >= 0.3 is 0 Å². The summed E-state index contributed by atoms with van der Waals surface area (Å²) in [5.74, 6) is -0.470. The van der Waals surface area contributed by atoms with Gasteiger partial charge in [-0.25, -0.2) is 4.39 Å². The number of nitrogens with zero attached hydrogens (tertiary/aromatic N) is 3. The molecule has 0 atom stereocenters. The third kappa shape index (κ3) is 4.23. The first-order valence-electron chi connectivity index (χ1n) is 10.3. The number of carbonyl (C=O) groups is 2. The van der Waals surface area contributed by atoms with E-state index in [-0.39, 0.29) is 29.7 Å². The summed E-state index contributed by atoms with van der Waals surface area (Å²) >= 11 is 6.16.